The van der Waals surface area contributed by atoms with Crippen LogP contribution >= 0.6 is 11.3 Å². The van der Waals surface area contributed by atoms with Crippen LogP contribution in [-0.2, 0) is 0 Å². The van der Waals surface area contributed by atoms with Crippen LogP contribution in [0.1, 0.15) is 54.6 Å². The molecule has 1 amide bonds. The normalized spacial score (nSPS) is 19.2. The highest BCUT2D eigenvalue weighted by Gasteiger charge is 2.22. The van der Waals surface area contributed by atoms with Gasteiger partial charge in [-0.15, -0.1) is 0 Å². The van der Waals surface area contributed by atoms with Gasteiger partial charge in [0.25, 0.3) is 5.91 Å². The van der Waals surface area contributed by atoms with E-state index in [1.165, 1.54) is 49.9 Å². The van der Waals surface area contributed by atoms with Gasteiger partial charge in [0.1, 0.15) is 10.7 Å². The molecule has 4 N–H and O–H groups in total. The predicted molar refractivity (Wildman–Crippen MR) is 82.1 cm³/mol. The van der Waals surface area contributed by atoms with Gasteiger partial charge in [-0.25, -0.2) is 4.98 Å². The Morgan fingerprint density at radius 2 is 2.05 bits per heavy atom. The maximum Gasteiger partial charge on any atom is 0.265 e. The van der Waals surface area contributed by atoms with Crippen LogP contribution < -0.4 is 16.4 Å². The monoisotopic (exact) mass is 294 g/mol. The van der Waals surface area contributed by atoms with Crippen LogP contribution in [0.5, 0.6) is 0 Å². The molecule has 1 heterocycles. The number of carbonyl (C=O) groups excluding carboxylic acids is 1. The largest absolute Gasteiger partial charge is 0.382 e. The third kappa shape index (κ3) is 3.06. The molecule has 0 saturated heterocycles. The number of nitrogens with one attached hydrogen (secondary N) is 2. The van der Waals surface area contributed by atoms with Gasteiger partial charge in [-0.3, -0.25) is 4.79 Å². The first-order chi connectivity index (χ1) is 9.72. The summed E-state index contributed by atoms with van der Waals surface area (Å²) in [5.74, 6) is 1.07. The van der Waals surface area contributed by atoms with Crippen LogP contribution in [0, 0.1) is 5.92 Å². The topological polar surface area (TPSA) is 80.0 Å². The first kappa shape index (κ1) is 13.7. The number of nitrogen functional groups attached to an aromatic ring is 1. The van der Waals surface area contributed by atoms with Crippen molar-refractivity contribution in [2.24, 2.45) is 5.92 Å². The molecule has 2 aliphatic rings. The highest BCUT2D eigenvalue weighted by atomic mass is 32.1. The molecule has 0 aromatic carbocycles. The van der Waals surface area contributed by atoms with E-state index in [-0.39, 0.29) is 5.91 Å². The molecule has 1 aromatic rings. The molecule has 1 aromatic heterocycles. The van der Waals surface area contributed by atoms with Crippen molar-refractivity contribution >= 4 is 28.2 Å². The number of aromatic nitrogens is 1. The van der Waals surface area contributed by atoms with Crippen molar-refractivity contribution in [2.75, 3.05) is 17.6 Å². The lowest BCUT2D eigenvalue weighted by molar-refractivity contribution is 0.0953. The van der Waals surface area contributed by atoms with Gasteiger partial charge in [0.15, 0.2) is 5.13 Å². The van der Waals surface area contributed by atoms with Gasteiger partial charge in [-0.1, -0.05) is 30.6 Å². The Morgan fingerprint density at radius 3 is 2.65 bits per heavy atom. The summed E-state index contributed by atoms with van der Waals surface area (Å²) < 4.78 is 0. The van der Waals surface area contributed by atoms with Crippen molar-refractivity contribution in [1.29, 1.82) is 0 Å². The van der Waals surface area contributed by atoms with Gasteiger partial charge in [0.2, 0.25) is 0 Å². The van der Waals surface area contributed by atoms with Crippen molar-refractivity contribution in [3.05, 3.63) is 4.88 Å². The van der Waals surface area contributed by atoms with Gasteiger partial charge in [0.05, 0.1) is 0 Å². The smallest absolute Gasteiger partial charge is 0.265 e. The van der Waals surface area contributed by atoms with E-state index >= 15 is 0 Å². The fourth-order valence-corrected chi connectivity index (χ4v) is 3.41. The number of hydrogen-bond acceptors (Lipinski definition) is 5. The predicted octanol–water partition coefficient (Wildman–Crippen LogP) is 2.61. The van der Waals surface area contributed by atoms with Crippen molar-refractivity contribution in [1.82, 2.24) is 10.3 Å². The Kier molecular flexibility index (Phi) is 4.10. The molecule has 0 radical (unpaired) electrons. The average molecular weight is 294 g/mol. The van der Waals surface area contributed by atoms with E-state index in [2.05, 4.69) is 15.6 Å². The van der Waals surface area contributed by atoms with Crippen molar-refractivity contribution < 1.29 is 4.79 Å². The molecular weight excluding hydrogens is 272 g/mol. The molecule has 110 valence electrons. The Hall–Kier alpha value is -1.30. The van der Waals surface area contributed by atoms with E-state index in [9.17, 15) is 4.79 Å². The number of carbonyl (C=O) groups is 1. The molecule has 0 aliphatic heterocycles. The lowest BCUT2D eigenvalue weighted by Crippen LogP contribution is -2.27. The SMILES string of the molecule is Nc1nc(NC2CCC2)sc1C(=O)NCCC1CCC1. The van der Waals surface area contributed by atoms with Crippen LogP contribution in [0.2, 0.25) is 0 Å². The number of rotatable bonds is 6. The van der Waals surface area contributed by atoms with Gasteiger partial charge in [0, 0.05) is 12.6 Å². The second-order valence-corrected chi connectivity index (χ2v) is 6.85. The van der Waals surface area contributed by atoms with Crippen molar-refractivity contribution in [2.45, 2.75) is 51.0 Å². The molecular formula is C14H22N4OS. The molecule has 2 aliphatic carbocycles. The van der Waals surface area contributed by atoms with E-state index < -0.39 is 0 Å². The first-order valence-corrected chi connectivity index (χ1v) is 8.35. The fourth-order valence-electron chi connectivity index (χ4n) is 2.54. The maximum atomic E-state index is 12.1. The van der Waals surface area contributed by atoms with E-state index in [0.29, 0.717) is 16.7 Å². The highest BCUT2D eigenvalue weighted by molar-refractivity contribution is 7.18. The first-order valence-electron chi connectivity index (χ1n) is 7.53. The van der Waals surface area contributed by atoms with E-state index in [4.69, 9.17) is 5.73 Å². The fraction of sp³-hybridized carbons (Fsp3) is 0.714. The summed E-state index contributed by atoms with van der Waals surface area (Å²) >= 11 is 1.36. The summed E-state index contributed by atoms with van der Waals surface area (Å²) in [5, 5.41) is 7.07. The molecule has 20 heavy (non-hydrogen) atoms. The molecule has 6 heteroatoms. The quantitative estimate of drug-likeness (QED) is 0.753. The number of hydrogen-bond donors (Lipinski definition) is 3. The summed E-state index contributed by atoms with van der Waals surface area (Å²) in [6.07, 6.45) is 8.69. The lowest BCUT2D eigenvalue weighted by atomic mass is 9.83. The number of nitrogens with zero attached hydrogens (tertiary/aromatic N) is 1. The molecule has 0 atom stereocenters. The minimum atomic E-state index is -0.0824. The summed E-state index contributed by atoms with van der Waals surface area (Å²) in [6, 6.07) is 0.509. The van der Waals surface area contributed by atoms with Gasteiger partial charge in [-0.2, -0.15) is 0 Å². The molecule has 5 nitrogen and oxygen atoms in total. The number of amides is 1. The van der Waals surface area contributed by atoms with Crippen molar-refractivity contribution in [3.8, 4) is 0 Å². The van der Waals surface area contributed by atoms with Crippen LogP contribution in [0.25, 0.3) is 0 Å². The van der Waals surface area contributed by atoms with E-state index in [1.807, 2.05) is 0 Å². The summed E-state index contributed by atoms with van der Waals surface area (Å²) in [5.41, 5.74) is 5.84. The van der Waals surface area contributed by atoms with Gasteiger partial charge >= 0.3 is 0 Å². The van der Waals surface area contributed by atoms with Crippen LogP contribution in [0.15, 0.2) is 0 Å². The zero-order valence-corrected chi connectivity index (χ0v) is 12.5. The number of nitrogens with two attached hydrogens (primary N) is 1. The van der Waals surface area contributed by atoms with Gasteiger partial charge in [-0.05, 0) is 31.6 Å². The van der Waals surface area contributed by atoms with E-state index in [0.717, 1.165) is 24.0 Å². The van der Waals surface area contributed by atoms with Crippen LogP contribution in [0.3, 0.4) is 0 Å². The van der Waals surface area contributed by atoms with Crippen molar-refractivity contribution in [3.63, 3.8) is 0 Å². The van der Waals surface area contributed by atoms with E-state index in [1.54, 1.807) is 0 Å². The summed E-state index contributed by atoms with van der Waals surface area (Å²) in [6.45, 7) is 0.742. The molecule has 2 saturated carbocycles. The van der Waals surface area contributed by atoms with Crippen LogP contribution in [-0.4, -0.2) is 23.5 Å². The summed E-state index contributed by atoms with van der Waals surface area (Å²) in [4.78, 5) is 16.9. The van der Waals surface area contributed by atoms with Gasteiger partial charge < -0.3 is 16.4 Å². The Morgan fingerprint density at radius 1 is 1.30 bits per heavy atom. The second kappa shape index (κ2) is 5.99. The minimum Gasteiger partial charge on any atom is -0.382 e. The molecule has 3 rings (SSSR count). The highest BCUT2D eigenvalue weighted by Crippen LogP contribution is 2.30. The Balaban J connectivity index is 1.50. The molecule has 2 fully saturated rings. The minimum absolute atomic E-state index is 0.0824. The third-order valence-corrected chi connectivity index (χ3v) is 5.36. The lowest BCUT2D eigenvalue weighted by Gasteiger charge is -2.25. The maximum absolute atomic E-state index is 12.1. The molecule has 0 bridgehead atoms. The second-order valence-electron chi connectivity index (χ2n) is 5.85. The summed E-state index contributed by atoms with van der Waals surface area (Å²) in [7, 11) is 0. The Labute approximate surface area is 123 Å². The number of anilines is 2. The molecule has 0 spiro atoms. The van der Waals surface area contributed by atoms with Crippen LogP contribution in [0.4, 0.5) is 10.9 Å². The number of thiazole rings is 1. The molecule has 0 unspecified atom stereocenters. The Bertz CT molecular complexity index is 480. The zero-order chi connectivity index (χ0) is 13.9. The standard InChI is InChI=1S/C14H22N4OS/c15-12-11(13(19)16-8-7-9-3-1-4-9)20-14(18-12)17-10-5-2-6-10/h9-10H,1-8,15H2,(H,16,19)(H,17,18). The third-order valence-electron chi connectivity index (χ3n) is 4.36. The average Bonchev–Trinajstić information content (AvgIpc) is 2.68. The zero-order valence-electron chi connectivity index (χ0n) is 11.7.